The zero-order valence-electron chi connectivity index (χ0n) is 13.5. The van der Waals surface area contributed by atoms with Gasteiger partial charge >= 0.3 is 0 Å². The number of halogens is 1. The van der Waals surface area contributed by atoms with Crippen LogP contribution in [0.25, 0.3) is 0 Å². The third-order valence-electron chi connectivity index (χ3n) is 3.62. The Morgan fingerprint density at radius 2 is 1.96 bits per heavy atom. The van der Waals surface area contributed by atoms with E-state index in [4.69, 9.17) is 0 Å². The van der Waals surface area contributed by atoms with E-state index in [9.17, 15) is 4.79 Å². The molecule has 0 radical (unpaired) electrons. The van der Waals surface area contributed by atoms with Crippen LogP contribution in [0.3, 0.4) is 0 Å². The van der Waals surface area contributed by atoms with Crippen LogP contribution in [-0.2, 0) is 17.9 Å². The monoisotopic (exact) mass is 387 g/mol. The quantitative estimate of drug-likeness (QED) is 0.731. The fraction of sp³-hybridized carbons (Fsp3) is 0.235. The summed E-state index contributed by atoms with van der Waals surface area (Å²) < 4.78 is 4.36. The minimum atomic E-state index is -0.158. The molecule has 1 amide bonds. The van der Waals surface area contributed by atoms with Crippen LogP contribution in [-0.4, -0.2) is 25.5 Å². The van der Waals surface area contributed by atoms with Gasteiger partial charge in [-0.25, -0.2) is 0 Å². The van der Waals surface area contributed by atoms with Gasteiger partial charge in [0.1, 0.15) is 6.54 Å². The first kappa shape index (κ1) is 16.4. The Morgan fingerprint density at radius 1 is 1.21 bits per heavy atom. The van der Waals surface area contributed by atoms with Gasteiger partial charge in [0, 0.05) is 18.0 Å². The lowest BCUT2D eigenvalue weighted by Gasteiger charge is -2.04. The molecule has 0 aliphatic heterocycles. The molecule has 3 rings (SSSR count). The van der Waals surface area contributed by atoms with Crippen molar-refractivity contribution in [2.75, 3.05) is 5.32 Å². The summed E-state index contributed by atoms with van der Waals surface area (Å²) in [5.41, 5.74) is 3.01. The van der Waals surface area contributed by atoms with Crippen molar-refractivity contribution >= 4 is 27.7 Å². The molecular weight excluding hydrogens is 370 g/mol. The van der Waals surface area contributed by atoms with Gasteiger partial charge in [-0.1, -0.05) is 30.3 Å². The number of amides is 1. The molecule has 6 nitrogen and oxygen atoms in total. The van der Waals surface area contributed by atoms with Gasteiger partial charge in [0.25, 0.3) is 0 Å². The molecule has 0 saturated carbocycles. The van der Waals surface area contributed by atoms with Gasteiger partial charge < -0.3 is 5.32 Å². The number of rotatable bonds is 5. The molecular formula is C17H18BrN5O. The molecule has 2 heterocycles. The predicted octanol–water partition coefficient (Wildman–Crippen LogP) is 3.15. The van der Waals surface area contributed by atoms with Crippen molar-refractivity contribution < 1.29 is 4.79 Å². The molecule has 2 aromatic heterocycles. The van der Waals surface area contributed by atoms with Crippen LogP contribution in [0.1, 0.15) is 17.0 Å². The van der Waals surface area contributed by atoms with E-state index in [2.05, 4.69) is 43.6 Å². The summed E-state index contributed by atoms with van der Waals surface area (Å²) in [6, 6.07) is 12.0. The first-order valence-corrected chi connectivity index (χ1v) is 8.38. The molecule has 0 unspecified atom stereocenters. The highest BCUT2D eigenvalue weighted by Crippen LogP contribution is 2.14. The van der Waals surface area contributed by atoms with Crippen molar-refractivity contribution in [2.45, 2.75) is 26.9 Å². The zero-order valence-corrected chi connectivity index (χ0v) is 15.1. The number of aromatic nitrogens is 4. The Hall–Kier alpha value is -2.41. The lowest BCUT2D eigenvalue weighted by molar-refractivity contribution is -0.116. The van der Waals surface area contributed by atoms with Gasteiger partial charge in [-0.05, 0) is 35.3 Å². The number of carbonyl (C=O) groups excluding carboxylic acids is 1. The average Bonchev–Trinajstić information content (AvgIpc) is 3.02. The summed E-state index contributed by atoms with van der Waals surface area (Å²) >= 11 is 3.39. The second-order valence-electron chi connectivity index (χ2n) is 5.62. The van der Waals surface area contributed by atoms with Crippen molar-refractivity contribution in [3.05, 3.63) is 64.0 Å². The van der Waals surface area contributed by atoms with Gasteiger partial charge in [-0.15, -0.1) is 0 Å². The second kappa shape index (κ2) is 7.00. The van der Waals surface area contributed by atoms with E-state index in [1.165, 1.54) is 5.56 Å². The summed E-state index contributed by atoms with van der Waals surface area (Å²) in [6.45, 7) is 4.68. The molecule has 124 valence electrons. The fourth-order valence-corrected chi connectivity index (χ4v) is 2.71. The van der Waals surface area contributed by atoms with Gasteiger partial charge in [0.05, 0.1) is 16.7 Å². The Labute approximate surface area is 148 Å². The van der Waals surface area contributed by atoms with E-state index in [1.807, 2.05) is 42.8 Å². The summed E-state index contributed by atoms with van der Waals surface area (Å²) in [7, 11) is 0. The number of hydrogen-bond donors (Lipinski definition) is 1. The Bertz CT molecular complexity index is 834. The van der Waals surface area contributed by atoms with Gasteiger partial charge in [-0.2, -0.15) is 10.2 Å². The SMILES string of the molecule is Cc1nn(CC(=O)Nc2cc(C)n(Cc3ccccc3)n2)cc1Br. The number of anilines is 1. The second-order valence-corrected chi connectivity index (χ2v) is 6.48. The number of carbonyl (C=O) groups is 1. The molecule has 0 spiro atoms. The summed E-state index contributed by atoms with van der Waals surface area (Å²) in [6.07, 6.45) is 1.79. The molecule has 7 heteroatoms. The van der Waals surface area contributed by atoms with Crippen molar-refractivity contribution in [3.8, 4) is 0 Å². The topological polar surface area (TPSA) is 64.7 Å². The largest absolute Gasteiger partial charge is 0.308 e. The minimum absolute atomic E-state index is 0.150. The fourth-order valence-electron chi connectivity index (χ4n) is 2.39. The lowest BCUT2D eigenvalue weighted by atomic mass is 10.2. The number of hydrogen-bond acceptors (Lipinski definition) is 3. The van der Waals surface area contributed by atoms with Crippen molar-refractivity contribution in [3.63, 3.8) is 0 Å². The molecule has 1 aromatic carbocycles. The highest BCUT2D eigenvalue weighted by molar-refractivity contribution is 9.10. The van der Waals surface area contributed by atoms with Crippen LogP contribution in [0.15, 0.2) is 47.1 Å². The Kier molecular flexibility index (Phi) is 4.80. The van der Waals surface area contributed by atoms with Crippen molar-refractivity contribution in [1.29, 1.82) is 0 Å². The van der Waals surface area contributed by atoms with E-state index >= 15 is 0 Å². The molecule has 0 aliphatic rings. The molecule has 0 saturated heterocycles. The smallest absolute Gasteiger partial charge is 0.247 e. The highest BCUT2D eigenvalue weighted by Gasteiger charge is 2.10. The van der Waals surface area contributed by atoms with E-state index in [1.54, 1.807) is 10.9 Å². The Morgan fingerprint density at radius 3 is 2.62 bits per heavy atom. The molecule has 24 heavy (non-hydrogen) atoms. The van der Waals surface area contributed by atoms with Gasteiger partial charge in [0.15, 0.2) is 5.82 Å². The first-order chi connectivity index (χ1) is 11.5. The summed E-state index contributed by atoms with van der Waals surface area (Å²) in [5.74, 6) is 0.394. The van der Waals surface area contributed by atoms with Crippen LogP contribution >= 0.6 is 15.9 Å². The summed E-state index contributed by atoms with van der Waals surface area (Å²) in [5, 5.41) is 11.5. The van der Waals surface area contributed by atoms with Crippen molar-refractivity contribution in [1.82, 2.24) is 19.6 Å². The van der Waals surface area contributed by atoms with Crippen LogP contribution < -0.4 is 5.32 Å². The first-order valence-electron chi connectivity index (χ1n) is 7.59. The van der Waals surface area contributed by atoms with Crippen LogP contribution in [0.5, 0.6) is 0 Å². The molecule has 0 bridgehead atoms. The molecule has 0 atom stereocenters. The third kappa shape index (κ3) is 3.91. The molecule has 0 aliphatic carbocycles. The van der Waals surface area contributed by atoms with E-state index in [0.717, 1.165) is 15.9 Å². The normalized spacial score (nSPS) is 10.8. The van der Waals surface area contributed by atoms with Crippen molar-refractivity contribution in [2.24, 2.45) is 0 Å². The minimum Gasteiger partial charge on any atom is -0.308 e. The molecule has 3 aromatic rings. The third-order valence-corrected chi connectivity index (χ3v) is 4.39. The highest BCUT2D eigenvalue weighted by atomic mass is 79.9. The number of benzene rings is 1. The average molecular weight is 388 g/mol. The van der Waals surface area contributed by atoms with E-state index in [-0.39, 0.29) is 12.5 Å². The van der Waals surface area contributed by atoms with Crippen LogP contribution in [0.4, 0.5) is 5.82 Å². The zero-order chi connectivity index (χ0) is 17.1. The van der Waals surface area contributed by atoms with E-state index in [0.29, 0.717) is 12.4 Å². The van der Waals surface area contributed by atoms with Gasteiger partial charge in [0.2, 0.25) is 5.91 Å². The van der Waals surface area contributed by atoms with Crippen LogP contribution in [0, 0.1) is 13.8 Å². The number of aryl methyl sites for hydroxylation is 2. The number of nitrogens with zero attached hydrogens (tertiary/aromatic N) is 4. The molecule has 1 N–H and O–H groups in total. The number of nitrogens with one attached hydrogen (secondary N) is 1. The maximum Gasteiger partial charge on any atom is 0.247 e. The standard InChI is InChI=1S/C17H18BrN5O/c1-12-8-16(21-23(12)9-14-6-4-3-5-7-14)19-17(24)11-22-10-15(18)13(2)20-22/h3-8,10H,9,11H2,1-2H3,(H,19,21,24). The summed E-state index contributed by atoms with van der Waals surface area (Å²) in [4.78, 5) is 12.1. The lowest BCUT2D eigenvalue weighted by Crippen LogP contribution is -2.19. The maximum atomic E-state index is 12.1. The Balaban J connectivity index is 1.65. The van der Waals surface area contributed by atoms with E-state index < -0.39 is 0 Å². The van der Waals surface area contributed by atoms with Gasteiger partial charge in [-0.3, -0.25) is 14.2 Å². The maximum absolute atomic E-state index is 12.1. The molecule has 0 fully saturated rings. The van der Waals surface area contributed by atoms with Crippen LogP contribution in [0.2, 0.25) is 0 Å². The predicted molar refractivity (Wildman–Crippen MR) is 95.8 cm³/mol.